The molecule has 1 fully saturated rings. The SMILES string of the molecule is COc1ccc(OC)c([C@H]2SCC(=O)N2c2ncc(C)s2)c1. The number of thioether (sulfide) groups is 1. The monoisotopic (exact) mass is 336 g/mol. The van der Waals surface area contributed by atoms with Gasteiger partial charge in [-0.2, -0.15) is 0 Å². The summed E-state index contributed by atoms with van der Waals surface area (Å²) < 4.78 is 10.8. The minimum Gasteiger partial charge on any atom is -0.497 e. The summed E-state index contributed by atoms with van der Waals surface area (Å²) in [6.07, 6.45) is 1.79. The number of nitrogens with zero attached hydrogens (tertiary/aromatic N) is 2. The lowest BCUT2D eigenvalue weighted by molar-refractivity contribution is -0.115. The normalized spacial score (nSPS) is 17.9. The van der Waals surface area contributed by atoms with Gasteiger partial charge in [0.15, 0.2) is 5.13 Å². The Bertz CT molecular complexity index is 702. The summed E-state index contributed by atoms with van der Waals surface area (Å²) >= 11 is 3.09. The van der Waals surface area contributed by atoms with Crippen LogP contribution in [-0.4, -0.2) is 30.9 Å². The molecule has 0 N–H and O–H groups in total. The summed E-state index contributed by atoms with van der Waals surface area (Å²) in [4.78, 5) is 19.5. The Balaban J connectivity index is 2.04. The summed E-state index contributed by atoms with van der Waals surface area (Å²) in [7, 11) is 3.26. The van der Waals surface area contributed by atoms with Crippen molar-refractivity contribution >= 4 is 34.1 Å². The summed E-state index contributed by atoms with van der Waals surface area (Å²) in [6.45, 7) is 1.98. The number of thiazole rings is 1. The zero-order chi connectivity index (χ0) is 15.7. The van der Waals surface area contributed by atoms with Crippen LogP contribution in [0, 0.1) is 6.92 Å². The average molecular weight is 336 g/mol. The number of amides is 1. The lowest BCUT2D eigenvalue weighted by Crippen LogP contribution is -2.27. The highest BCUT2D eigenvalue weighted by Crippen LogP contribution is 2.46. The smallest absolute Gasteiger partial charge is 0.240 e. The van der Waals surface area contributed by atoms with E-state index in [2.05, 4.69) is 4.98 Å². The first-order valence-corrected chi connectivity index (χ1v) is 8.58. The molecule has 0 unspecified atom stereocenters. The van der Waals surface area contributed by atoms with Crippen LogP contribution in [0.3, 0.4) is 0 Å². The average Bonchev–Trinajstić information content (AvgIpc) is 3.12. The predicted molar refractivity (Wildman–Crippen MR) is 89.1 cm³/mol. The van der Waals surface area contributed by atoms with Gasteiger partial charge in [0.1, 0.15) is 16.9 Å². The molecule has 1 aromatic heterocycles. The van der Waals surface area contributed by atoms with Gasteiger partial charge < -0.3 is 9.47 Å². The molecule has 2 aromatic rings. The lowest BCUT2D eigenvalue weighted by atomic mass is 10.1. The molecule has 0 aliphatic carbocycles. The van der Waals surface area contributed by atoms with Crippen molar-refractivity contribution in [2.75, 3.05) is 24.9 Å². The first kappa shape index (κ1) is 15.2. The van der Waals surface area contributed by atoms with Crippen molar-refractivity contribution in [3.8, 4) is 11.5 Å². The van der Waals surface area contributed by atoms with E-state index < -0.39 is 0 Å². The van der Waals surface area contributed by atoms with Gasteiger partial charge in [-0.3, -0.25) is 9.69 Å². The number of methoxy groups -OCH3 is 2. The van der Waals surface area contributed by atoms with E-state index in [1.165, 1.54) is 11.3 Å². The molecule has 1 aromatic carbocycles. The summed E-state index contributed by atoms with van der Waals surface area (Å²) in [6, 6.07) is 5.63. The molecule has 1 aliphatic heterocycles. The Morgan fingerprint density at radius 3 is 2.77 bits per heavy atom. The Labute approximate surface area is 137 Å². The van der Waals surface area contributed by atoms with Crippen LogP contribution in [0.25, 0.3) is 0 Å². The van der Waals surface area contributed by atoms with Crippen molar-refractivity contribution in [1.29, 1.82) is 0 Å². The summed E-state index contributed by atoms with van der Waals surface area (Å²) in [5.41, 5.74) is 0.922. The van der Waals surface area contributed by atoms with Crippen LogP contribution < -0.4 is 14.4 Å². The molecule has 0 saturated carbocycles. The molecule has 1 atom stereocenters. The molecule has 116 valence electrons. The number of hydrogen-bond donors (Lipinski definition) is 0. The number of carbonyl (C=O) groups is 1. The number of benzene rings is 1. The summed E-state index contributed by atoms with van der Waals surface area (Å²) in [5.74, 6) is 1.98. The second kappa shape index (κ2) is 6.18. The molecule has 5 nitrogen and oxygen atoms in total. The topological polar surface area (TPSA) is 51.7 Å². The fourth-order valence-electron chi connectivity index (χ4n) is 2.35. The van der Waals surface area contributed by atoms with E-state index in [-0.39, 0.29) is 11.3 Å². The third-order valence-electron chi connectivity index (χ3n) is 3.39. The molecule has 0 spiro atoms. The highest BCUT2D eigenvalue weighted by molar-refractivity contribution is 8.00. The number of aryl methyl sites for hydroxylation is 1. The number of ether oxygens (including phenoxy) is 2. The molecule has 2 heterocycles. The van der Waals surface area contributed by atoms with Gasteiger partial charge in [0.2, 0.25) is 5.91 Å². The molecule has 0 bridgehead atoms. The predicted octanol–water partition coefficient (Wildman–Crippen LogP) is 3.25. The van der Waals surface area contributed by atoms with E-state index in [4.69, 9.17) is 9.47 Å². The molecule has 0 radical (unpaired) electrons. The highest BCUT2D eigenvalue weighted by atomic mass is 32.2. The minimum absolute atomic E-state index is 0.0641. The van der Waals surface area contributed by atoms with E-state index in [1.807, 2.05) is 25.1 Å². The van der Waals surface area contributed by atoms with Gasteiger partial charge in [-0.1, -0.05) is 0 Å². The number of rotatable bonds is 4. The maximum Gasteiger partial charge on any atom is 0.240 e. The molecular formula is C15H16N2O3S2. The van der Waals surface area contributed by atoms with Crippen molar-refractivity contribution in [1.82, 2.24) is 4.98 Å². The molecule has 1 amide bonds. The molecule has 1 saturated heterocycles. The molecule has 1 aliphatic rings. The van der Waals surface area contributed by atoms with Gasteiger partial charge in [0.25, 0.3) is 0 Å². The van der Waals surface area contributed by atoms with E-state index in [1.54, 1.807) is 37.1 Å². The van der Waals surface area contributed by atoms with Gasteiger partial charge >= 0.3 is 0 Å². The quantitative estimate of drug-likeness (QED) is 0.858. The van der Waals surface area contributed by atoms with Gasteiger partial charge in [0.05, 0.1) is 20.0 Å². The number of anilines is 1. The second-order valence-electron chi connectivity index (χ2n) is 4.79. The number of hydrogen-bond acceptors (Lipinski definition) is 6. The maximum atomic E-state index is 12.3. The van der Waals surface area contributed by atoms with Crippen LogP contribution in [-0.2, 0) is 4.79 Å². The Morgan fingerprint density at radius 2 is 2.14 bits per heavy atom. The van der Waals surface area contributed by atoms with Crippen LogP contribution in [0.4, 0.5) is 5.13 Å². The van der Waals surface area contributed by atoms with Crippen molar-refractivity contribution in [2.24, 2.45) is 0 Å². The fourth-order valence-corrected chi connectivity index (χ4v) is 4.39. The zero-order valence-electron chi connectivity index (χ0n) is 12.5. The van der Waals surface area contributed by atoms with Gasteiger partial charge in [-0.15, -0.1) is 23.1 Å². The Morgan fingerprint density at radius 1 is 1.32 bits per heavy atom. The molecule has 7 heteroatoms. The Kier molecular flexibility index (Phi) is 4.26. The standard InChI is InChI=1S/C15H16N2O3S2/c1-9-7-16-15(22-9)17-13(18)8-21-14(17)11-6-10(19-2)4-5-12(11)20-3/h4-7,14H,8H2,1-3H3/t14-/m1/s1. The molecule has 3 rings (SSSR count). The third-order valence-corrected chi connectivity index (χ3v) is 5.49. The van der Waals surface area contributed by atoms with Crippen LogP contribution in [0.15, 0.2) is 24.4 Å². The van der Waals surface area contributed by atoms with Crippen molar-refractivity contribution in [3.05, 3.63) is 34.8 Å². The molecular weight excluding hydrogens is 320 g/mol. The number of carbonyl (C=O) groups excluding carboxylic acids is 1. The first-order chi connectivity index (χ1) is 10.6. The third kappa shape index (κ3) is 2.66. The summed E-state index contributed by atoms with van der Waals surface area (Å²) in [5, 5.41) is 0.575. The van der Waals surface area contributed by atoms with Gasteiger partial charge in [-0.05, 0) is 25.1 Å². The van der Waals surface area contributed by atoms with E-state index in [0.29, 0.717) is 5.75 Å². The van der Waals surface area contributed by atoms with Crippen molar-refractivity contribution in [3.63, 3.8) is 0 Å². The van der Waals surface area contributed by atoms with Crippen LogP contribution in [0.1, 0.15) is 15.8 Å². The second-order valence-corrected chi connectivity index (χ2v) is 7.07. The first-order valence-electron chi connectivity index (χ1n) is 6.72. The number of aromatic nitrogens is 1. The van der Waals surface area contributed by atoms with Crippen molar-refractivity contribution < 1.29 is 14.3 Å². The van der Waals surface area contributed by atoms with E-state index >= 15 is 0 Å². The van der Waals surface area contributed by atoms with E-state index in [9.17, 15) is 4.79 Å². The minimum atomic E-state index is -0.150. The van der Waals surface area contributed by atoms with Crippen molar-refractivity contribution in [2.45, 2.75) is 12.3 Å². The molecule has 22 heavy (non-hydrogen) atoms. The van der Waals surface area contributed by atoms with Gasteiger partial charge in [0, 0.05) is 16.6 Å². The van der Waals surface area contributed by atoms with Gasteiger partial charge in [-0.25, -0.2) is 4.98 Å². The van der Waals surface area contributed by atoms with E-state index in [0.717, 1.165) is 27.1 Å². The maximum absolute atomic E-state index is 12.3. The van der Waals surface area contributed by atoms with Crippen LogP contribution in [0.5, 0.6) is 11.5 Å². The Hall–Kier alpha value is -1.73. The van der Waals surface area contributed by atoms with Crippen LogP contribution in [0.2, 0.25) is 0 Å². The largest absolute Gasteiger partial charge is 0.497 e. The highest BCUT2D eigenvalue weighted by Gasteiger charge is 2.37. The fraction of sp³-hybridized carbons (Fsp3) is 0.333. The lowest BCUT2D eigenvalue weighted by Gasteiger charge is -2.23. The van der Waals surface area contributed by atoms with Crippen LogP contribution >= 0.6 is 23.1 Å². The zero-order valence-corrected chi connectivity index (χ0v) is 14.2.